The SMILES string of the molecule is C=NN(/C=C\N)c1ncc(F)c2c(C(=O)C(=O)N3CCN(c4nnnn4-c4cccc(C#N)c4)CC3)c[nH]c12. The highest BCUT2D eigenvalue weighted by atomic mass is 19.1. The molecule has 0 unspecified atom stereocenters. The van der Waals surface area contributed by atoms with Crippen LogP contribution < -0.4 is 15.6 Å². The Balaban J connectivity index is 1.33. The number of hydrazone groups is 1. The summed E-state index contributed by atoms with van der Waals surface area (Å²) in [4.78, 5) is 36.4. The van der Waals surface area contributed by atoms with Gasteiger partial charge in [0.2, 0.25) is 5.95 Å². The van der Waals surface area contributed by atoms with Crippen LogP contribution in [0.2, 0.25) is 0 Å². The number of aromatic nitrogens is 6. The molecule has 4 heterocycles. The number of amides is 1. The molecule has 5 rings (SSSR count). The normalized spacial score (nSPS) is 13.5. The molecule has 1 aromatic carbocycles. The van der Waals surface area contributed by atoms with E-state index in [9.17, 15) is 19.2 Å². The number of pyridine rings is 1. The lowest BCUT2D eigenvalue weighted by atomic mass is 10.1. The molecule has 1 aliphatic rings. The van der Waals surface area contributed by atoms with Crippen molar-refractivity contribution in [1.29, 1.82) is 5.26 Å². The number of tetrazole rings is 1. The molecular weight excluding hydrogens is 507 g/mol. The predicted octanol–water partition coefficient (Wildman–Crippen LogP) is 0.933. The Hall–Kier alpha value is -5.65. The molecule has 0 spiro atoms. The van der Waals surface area contributed by atoms with Gasteiger partial charge in [-0.25, -0.2) is 14.4 Å². The maximum absolute atomic E-state index is 14.8. The van der Waals surface area contributed by atoms with Crippen LogP contribution >= 0.6 is 0 Å². The highest BCUT2D eigenvalue weighted by Gasteiger charge is 2.31. The number of rotatable bonds is 7. The van der Waals surface area contributed by atoms with Crippen LogP contribution in [-0.4, -0.2) is 79.7 Å². The average molecular weight is 529 g/mol. The second-order valence-electron chi connectivity index (χ2n) is 8.37. The van der Waals surface area contributed by atoms with Crippen molar-refractivity contribution >= 4 is 41.1 Å². The molecule has 1 amide bonds. The van der Waals surface area contributed by atoms with E-state index in [2.05, 4.69) is 43.4 Å². The molecule has 0 radical (unpaired) electrons. The van der Waals surface area contributed by atoms with Gasteiger partial charge in [-0.15, -0.1) is 0 Å². The first-order valence-electron chi connectivity index (χ1n) is 11.6. The Morgan fingerprint density at radius 2 is 2.08 bits per heavy atom. The third-order valence-electron chi connectivity index (χ3n) is 6.20. The van der Waals surface area contributed by atoms with Crippen LogP contribution in [-0.2, 0) is 4.79 Å². The zero-order valence-electron chi connectivity index (χ0n) is 20.4. The number of hydrogen-bond acceptors (Lipinski definition) is 11. The van der Waals surface area contributed by atoms with E-state index in [1.165, 1.54) is 33.2 Å². The maximum atomic E-state index is 14.8. The third-order valence-corrected chi connectivity index (χ3v) is 6.20. The van der Waals surface area contributed by atoms with E-state index in [-0.39, 0.29) is 35.4 Å². The lowest BCUT2D eigenvalue weighted by molar-refractivity contribution is -0.126. The first-order chi connectivity index (χ1) is 19.0. The number of nitrogens with one attached hydrogen (secondary N) is 1. The summed E-state index contributed by atoms with van der Waals surface area (Å²) in [5.41, 5.74) is 6.54. The van der Waals surface area contributed by atoms with Crippen molar-refractivity contribution in [3.05, 3.63) is 66.0 Å². The van der Waals surface area contributed by atoms with Crippen molar-refractivity contribution in [2.24, 2.45) is 10.8 Å². The number of hydrogen-bond donors (Lipinski definition) is 2. The van der Waals surface area contributed by atoms with Crippen LogP contribution in [0.5, 0.6) is 0 Å². The Labute approximate surface area is 220 Å². The number of carbonyl (C=O) groups is 2. The number of nitriles is 1. The van der Waals surface area contributed by atoms with Crippen molar-refractivity contribution in [2.45, 2.75) is 0 Å². The second kappa shape index (κ2) is 10.4. The number of ketones is 1. The minimum atomic E-state index is -0.864. The highest BCUT2D eigenvalue weighted by Crippen LogP contribution is 2.30. The smallest absolute Gasteiger partial charge is 0.295 e. The van der Waals surface area contributed by atoms with E-state index < -0.39 is 17.5 Å². The van der Waals surface area contributed by atoms with Gasteiger partial charge in [-0.1, -0.05) is 11.2 Å². The van der Waals surface area contributed by atoms with E-state index in [0.29, 0.717) is 30.3 Å². The van der Waals surface area contributed by atoms with Gasteiger partial charge < -0.3 is 20.5 Å². The first kappa shape index (κ1) is 25.0. The number of H-pyrrole nitrogens is 1. The number of anilines is 2. The minimum Gasteiger partial charge on any atom is -0.403 e. The van der Waals surface area contributed by atoms with Gasteiger partial charge in [-0.2, -0.15) is 15.0 Å². The van der Waals surface area contributed by atoms with Gasteiger partial charge in [0.1, 0.15) is 0 Å². The molecule has 4 aromatic rings. The summed E-state index contributed by atoms with van der Waals surface area (Å²) in [6, 6.07) is 8.93. The molecule has 15 heteroatoms. The monoisotopic (exact) mass is 528 g/mol. The lowest BCUT2D eigenvalue weighted by Crippen LogP contribution is -2.51. The van der Waals surface area contributed by atoms with Gasteiger partial charge in [0.15, 0.2) is 11.6 Å². The van der Waals surface area contributed by atoms with Crippen LogP contribution in [0.15, 0.2) is 54.2 Å². The lowest BCUT2D eigenvalue weighted by Gasteiger charge is -2.34. The summed E-state index contributed by atoms with van der Waals surface area (Å²) in [5, 5.41) is 26.0. The van der Waals surface area contributed by atoms with E-state index in [1.54, 1.807) is 24.3 Å². The summed E-state index contributed by atoms with van der Waals surface area (Å²) >= 11 is 0. The summed E-state index contributed by atoms with van der Waals surface area (Å²) in [6.45, 7) is 4.55. The van der Waals surface area contributed by atoms with Crippen LogP contribution in [0.4, 0.5) is 16.2 Å². The molecule has 3 N–H and O–H groups in total. The largest absolute Gasteiger partial charge is 0.403 e. The number of fused-ring (bicyclic) bond motifs is 1. The van der Waals surface area contributed by atoms with Gasteiger partial charge in [0.25, 0.3) is 11.7 Å². The Bertz CT molecular complexity index is 1640. The molecule has 0 aliphatic carbocycles. The zero-order valence-corrected chi connectivity index (χ0v) is 20.4. The van der Waals surface area contributed by atoms with Gasteiger partial charge in [-0.3, -0.25) is 9.59 Å². The number of nitrogens with two attached hydrogens (primary N) is 1. The first-order valence-corrected chi connectivity index (χ1v) is 11.6. The molecule has 0 saturated carbocycles. The highest BCUT2D eigenvalue weighted by molar-refractivity contribution is 6.45. The zero-order chi connectivity index (χ0) is 27.5. The number of piperazine rings is 1. The van der Waals surface area contributed by atoms with Crippen molar-refractivity contribution in [3.63, 3.8) is 0 Å². The van der Waals surface area contributed by atoms with Gasteiger partial charge in [-0.05, 0) is 28.6 Å². The van der Waals surface area contributed by atoms with E-state index in [0.717, 1.165) is 6.20 Å². The molecule has 39 heavy (non-hydrogen) atoms. The number of benzene rings is 1. The molecule has 1 aliphatic heterocycles. The van der Waals surface area contributed by atoms with Crippen LogP contribution in [0.3, 0.4) is 0 Å². The minimum absolute atomic E-state index is 0.0881. The number of carbonyl (C=O) groups excluding carboxylic acids is 2. The van der Waals surface area contributed by atoms with Crippen LogP contribution in [0.25, 0.3) is 16.6 Å². The molecular formula is C24H21FN12O2. The molecule has 1 fully saturated rings. The fraction of sp³-hybridized carbons (Fsp3) is 0.167. The molecule has 196 valence electrons. The second-order valence-corrected chi connectivity index (χ2v) is 8.37. The quantitative estimate of drug-likeness (QED) is 0.152. The summed E-state index contributed by atoms with van der Waals surface area (Å²) < 4.78 is 16.3. The van der Waals surface area contributed by atoms with E-state index >= 15 is 0 Å². The average Bonchev–Trinajstić information content (AvgIpc) is 3.65. The summed E-state index contributed by atoms with van der Waals surface area (Å²) in [6.07, 6.45) is 4.76. The summed E-state index contributed by atoms with van der Waals surface area (Å²) in [5.74, 6) is -1.81. The van der Waals surface area contributed by atoms with Crippen molar-refractivity contribution in [2.75, 3.05) is 36.1 Å². The van der Waals surface area contributed by atoms with Crippen LogP contribution in [0, 0.1) is 17.1 Å². The molecule has 14 nitrogen and oxygen atoms in total. The summed E-state index contributed by atoms with van der Waals surface area (Å²) in [7, 11) is 0. The molecule has 1 saturated heterocycles. The third kappa shape index (κ3) is 4.50. The predicted molar refractivity (Wildman–Crippen MR) is 138 cm³/mol. The van der Waals surface area contributed by atoms with Crippen molar-refractivity contribution < 1.29 is 14.0 Å². The molecule has 0 atom stereocenters. The Kier molecular flexibility index (Phi) is 6.66. The van der Waals surface area contributed by atoms with Crippen molar-refractivity contribution in [1.82, 2.24) is 35.1 Å². The van der Waals surface area contributed by atoms with E-state index in [4.69, 9.17) is 5.73 Å². The van der Waals surface area contributed by atoms with Gasteiger partial charge in [0, 0.05) is 51.5 Å². The Morgan fingerprint density at radius 1 is 1.28 bits per heavy atom. The Morgan fingerprint density at radius 3 is 2.79 bits per heavy atom. The van der Waals surface area contributed by atoms with Crippen LogP contribution in [0.1, 0.15) is 15.9 Å². The van der Waals surface area contributed by atoms with Gasteiger partial charge >= 0.3 is 0 Å². The topological polar surface area (TPSA) is 178 Å². The molecule has 0 bridgehead atoms. The number of halogens is 1. The van der Waals surface area contributed by atoms with Crippen molar-refractivity contribution in [3.8, 4) is 11.8 Å². The number of Topliss-reactive ketones (excluding diaryl/α,β-unsaturated/α-hetero) is 1. The standard InChI is InChI=1S/C24H21FN12O2/c1-28-36(6-5-26)22-20-19(18(25)14-30-22)17(13-29-20)21(38)23(39)34-7-9-35(10-8-34)24-31-32-33-37(24)16-4-2-3-15(11-16)12-27/h2-6,11,13-14,29H,1,7-10,26H2/b6-5-. The number of aromatic amines is 1. The fourth-order valence-electron chi connectivity index (χ4n) is 4.34. The van der Waals surface area contributed by atoms with E-state index in [1.807, 2.05) is 4.90 Å². The number of nitrogens with zero attached hydrogens (tertiary/aromatic N) is 10. The maximum Gasteiger partial charge on any atom is 0.295 e. The fourth-order valence-corrected chi connectivity index (χ4v) is 4.34. The van der Waals surface area contributed by atoms with Gasteiger partial charge in [0.05, 0.1) is 40.0 Å². The molecule has 3 aromatic heterocycles.